The molecule has 208 valence electrons. The first-order chi connectivity index (χ1) is 16.6. The molecule has 2 aliphatic heterocycles. The fourth-order valence-corrected chi connectivity index (χ4v) is 3.62. The summed E-state index contributed by atoms with van der Waals surface area (Å²) in [5, 5.41) is 107. The fraction of sp³-hybridized carbons (Fsp3) is 0.833. The maximum Gasteiger partial charge on any atom is 0.336 e. The molecule has 18 heteroatoms. The zero-order valence-electron chi connectivity index (χ0n) is 18.3. The van der Waals surface area contributed by atoms with Crippen molar-refractivity contribution in [2.75, 3.05) is 13.2 Å². The van der Waals surface area contributed by atoms with Crippen LogP contribution in [-0.2, 0) is 33.3 Å². The van der Waals surface area contributed by atoms with Gasteiger partial charge in [0.05, 0.1) is 19.4 Å². The summed E-state index contributed by atoms with van der Waals surface area (Å²) in [6.07, 6.45) is -21.3. The van der Waals surface area contributed by atoms with E-state index in [2.05, 4.69) is 0 Å². The minimum atomic E-state index is -3.18. The Kier molecular flexibility index (Phi) is 9.67. The zero-order chi connectivity index (χ0) is 27.6. The number of aliphatic hydroxyl groups is 9. The molecule has 11 atom stereocenters. The Balaban J connectivity index is 2.29. The minimum absolute atomic E-state index is 0.906. The van der Waals surface area contributed by atoms with Crippen LogP contribution in [0.1, 0.15) is 12.8 Å². The number of carbonyl (C=O) groups excluding carboxylic acids is 1. The molecule has 36 heavy (non-hydrogen) atoms. The first-order valence-electron chi connectivity index (χ1n) is 10.3. The summed E-state index contributed by atoms with van der Waals surface area (Å²) in [5.74, 6) is -8.64. The average Bonchev–Trinajstić information content (AvgIpc) is 2.79. The van der Waals surface area contributed by atoms with Gasteiger partial charge < -0.3 is 75.1 Å². The summed E-state index contributed by atoms with van der Waals surface area (Å²) in [6.45, 7) is -2.38. The van der Waals surface area contributed by atoms with Crippen molar-refractivity contribution in [3.63, 3.8) is 0 Å². The molecular formula is C18H28O18. The Morgan fingerprint density at radius 3 is 2.00 bits per heavy atom. The van der Waals surface area contributed by atoms with Gasteiger partial charge in [-0.1, -0.05) is 0 Å². The maximum atomic E-state index is 12.4. The van der Waals surface area contributed by atoms with E-state index in [4.69, 9.17) is 29.2 Å². The van der Waals surface area contributed by atoms with Gasteiger partial charge in [0.15, 0.2) is 24.3 Å². The molecule has 0 spiro atoms. The number of ether oxygens (including phenoxy) is 4. The molecule has 2 fully saturated rings. The molecule has 0 radical (unpaired) electrons. The molecule has 0 bridgehead atoms. The second-order valence-electron chi connectivity index (χ2n) is 8.27. The lowest BCUT2D eigenvalue weighted by atomic mass is 9.94. The third kappa shape index (κ3) is 6.07. The van der Waals surface area contributed by atoms with Gasteiger partial charge in [0.1, 0.15) is 43.2 Å². The molecule has 11 N–H and O–H groups in total. The highest BCUT2D eigenvalue weighted by Gasteiger charge is 2.59. The van der Waals surface area contributed by atoms with E-state index in [1.165, 1.54) is 0 Å². The third-order valence-electron chi connectivity index (χ3n) is 5.63. The first kappa shape index (κ1) is 30.2. The molecule has 0 saturated carbocycles. The molecule has 2 rings (SSSR count). The Morgan fingerprint density at radius 1 is 0.889 bits per heavy atom. The van der Waals surface area contributed by atoms with E-state index in [9.17, 15) is 60.3 Å². The molecule has 0 aromatic heterocycles. The standard InChI is InChI=1S/C18H28O18/c19-3-5-12(8(24)10(26)14(29)33-5)34-15-11(27)9(25)13(28)18(4-20,36-15)35-7(23)2-17(32,16(30)31)1-6(21)22/h5,8-15,19-20,24-29,32H,1-4H2,(H,21,22)(H,30,31)/t5-,8-,9+,10-,11-,12-,13-,14-,15+,17?,18+/m1/s1. The molecule has 2 aliphatic rings. The summed E-state index contributed by atoms with van der Waals surface area (Å²) in [4.78, 5) is 34.5. The lowest BCUT2D eigenvalue weighted by Crippen LogP contribution is -2.69. The van der Waals surface area contributed by atoms with Crippen molar-refractivity contribution in [1.29, 1.82) is 0 Å². The molecule has 2 saturated heterocycles. The van der Waals surface area contributed by atoms with Crippen LogP contribution >= 0.6 is 0 Å². The molecular weight excluding hydrogens is 504 g/mol. The van der Waals surface area contributed by atoms with E-state index in [-0.39, 0.29) is 0 Å². The monoisotopic (exact) mass is 532 g/mol. The second-order valence-corrected chi connectivity index (χ2v) is 8.27. The van der Waals surface area contributed by atoms with Crippen LogP contribution in [0.5, 0.6) is 0 Å². The lowest BCUT2D eigenvalue weighted by molar-refractivity contribution is -0.416. The SMILES string of the molecule is O=C(O)CC(O)(CC(=O)O[C@@]1(CO)O[C@H](O[C@H]2[C@H](O)[C@@H](O)[C@H](O)O[C@@H]2CO)[C@H](O)[C@H](O)[C@H]1O)C(=O)O. The second kappa shape index (κ2) is 11.5. The highest BCUT2D eigenvalue weighted by atomic mass is 16.8. The highest BCUT2D eigenvalue weighted by Crippen LogP contribution is 2.35. The van der Waals surface area contributed by atoms with Gasteiger partial charge >= 0.3 is 17.9 Å². The normalized spacial score (nSPS) is 40.8. The maximum absolute atomic E-state index is 12.4. The van der Waals surface area contributed by atoms with Gasteiger partial charge in [-0.3, -0.25) is 9.59 Å². The number of rotatable bonds is 10. The van der Waals surface area contributed by atoms with Crippen molar-refractivity contribution in [3.8, 4) is 0 Å². The van der Waals surface area contributed by atoms with Crippen LogP contribution in [0.2, 0.25) is 0 Å². The van der Waals surface area contributed by atoms with Gasteiger partial charge in [0, 0.05) is 0 Å². The molecule has 0 amide bonds. The van der Waals surface area contributed by atoms with Crippen molar-refractivity contribution >= 4 is 17.9 Å². The van der Waals surface area contributed by atoms with Gasteiger partial charge in [-0.25, -0.2) is 4.79 Å². The Labute approximate surface area is 201 Å². The van der Waals surface area contributed by atoms with Crippen LogP contribution in [0.15, 0.2) is 0 Å². The van der Waals surface area contributed by atoms with E-state index in [0.717, 1.165) is 0 Å². The molecule has 1 unspecified atom stereocenters. The van der Waals surface area contributed by atoms with Gasteiger partial charge in [-0.15, -0.1) is 0 Å². The number of carboxylic acids is 2. The number of esters is 1. The predicted molar refractivity (Wildman–Crippen MR) is 103 cm³/mol. The summed E-state index contributed by atoms with van der Waals surface area (Å²) in [7, 11) is 0. The van der Waals surface area contributed by atoms with Crippen molar-refractivity contribution < 1.29 is 89.5 Å². The van der Waals surface area contributed by atoms with E-state index in [1.54, 1.807) is 0 Å². The zero-order valence-corrected chi connectivity index (χ0v) is 18.3. The Morgan fingerprint density at radius 2 is 1.50 bits per heavy atom. The molecule has 0 aromatic rings. The number of carbonyl (C=O) groups is 3. The molecule has 0 aliphatic carbocycles. The molecule has 18 nitrogen and oxygen atoms in total. The minimum Gasteiger partial charge on any atom is -0.481 e. The Bertz CT molecular complexity index is 805. The predicted octanol–water partition coefficient (Wildman–Crippen LogP) is -6.85. The largest absolute Gasteiger partial charge is 0.481 e. The third-order valence-corrected chi connectivity index (χ3v) is 5.63. The highest BCUT2D eigenvalue weighted by molar-refractivity contribution is 5.88. The van der Waals surface area contributed by atoms with Crippen LogP contribution in [0, 0.1) is 0 Å². The van der Waals surface area contributed by atoms with E-state index < -0.39 is 111 Å². The first-order valence-corrected chi connectivity index (χ1v) is 10.3. The molecule has 0 aromatic carbocycles. The van der Waals surface area contributed by atoms with Gasteiger partial charge in [-0.2, -0.15) is 0 Å². The smallest absolute Gasteiger partial charge is 0.336 e. The van der Waals surface area contributed by atoms with Crippen LogP contribution in [0.25, 0.3) is 0 Å². The van der Waals surface area contributed by atoms with Crippen LogP contribution in [-0.4, -0.2) is 154 Å². The number of aliphatic carboxylic acids is 2. The van der Waals surface area contributed by atoms with E-state index in [1.807, 2.05) is 0 Å². The van der Waals surface area contributed by atoms with E-state index in [0.29, 0.717) is 0 Å². The summed E-state index contributed by atoms with van der Waals surface area (Å²) >= 11 is 0. The van der Waals surface area contributed by atoms with Gasteiger partial charge in [0.25, 0.3) is 5.79 Å². The van der Waals surface area contributed by atoms with Crippen LogP contribution in [0.3, 0.4) is 0 Å². The van der Waals surface area contributed by atoms with Crippen LogP contribution in [0.4, 0.5) is 0 Å². The number of carboxylic acid groups (broad SMARTS) is 2. The Hall–Kier alpha value is -2.07. The van der Waals surface area contributed by atoms with Crippen molar-refractivity contribution in [2.45, 2.75) is 79.5 Å². The van der Waals surface area contributed by atoms with Gasteiger partial charge in [-0.05, 0) is 0 Å². The summed E-state index contributed by atoms with van der Waals surface area (Å²) in [5.41, 5.74) is -3.18. The van der Waals surface area contributed by atoms with Crippen molar-refractivity contribution in [3.05, 3.63) is 0 Å². The van der Waals surface area contributed by atoms with Crippen molar-refractivity contribution in [2.24, 2.45) is 0 Å². The fourth-order valence-electron chi connectivity index (χ4n) is 3.62. The average molecular weight is 532 g/mol. The summed E-state index contributed by atoms with van der Waals surface area (Å²) in [6, 6.07) is 0. The number of hydrogen-bond acceptors (Lipinski definition) is 16. The van der Waals surface area contributed by atoms with E-state index >= 15 is 0 Å². The molecule has 2 heterocycles. The number of aliphatic hydroxyl groups excluding tert-OH is 8. The quantitative estimate of drug-likeness (QED) is 0.116. The summed E-state index contributed by atoms with van der Waals surface area (Å²) < 4.78 is 20.0. The van der Waals surface area contributed by atoms with Gasteiger partial charge in [0.2, 0.25) is 0 Å². The lowest BCUT2D eigenvalue weighted by Gasteiger charge is -2.48. The topological polar surface area (TPSA) is 311 Å². The van der Waals surface area contributed by atoms with Crippen molar-refractivity contribution in [1.82, 2.24) is 0 Å². The number of hydrogen-bond donors (Lipinski definition) is 11. The van der Waals surface area contributed by atoms with Crippen LogP contribution < -0.4 is 0 Å².